The molecule has 0 bridgehead atoms. The number of unbranched alkanes of at least 4 members (excludes halogenated alkanes) is 5. The third-order valence-corrected chi connectivity index (χ3v) is 2.37. The van der Waals surface area contributed by atoms with Crippen LogP contribution in [-0.4, -0.2) is 13.2 Å². The highest BCUT2D eigenvalue weighted by molar-refractivity contribution is 4.84. The van der Waals surface area contributed by atoms with Crippen LogP contribution >= 0.6 is 0 Å². The molecule has 1 unspecified atom stereocenters. The fourth-order valence-electron chi connectivity index (χ4n) is 1.33. The smallest absolute Gasteiger partial charge is 0.0606 e. The monoisotopic (exact) mass is 197 g/mol. The van der Waals surface area contributed by atoms with Crippen LogP contribution in [0.2, 0.25) is 0 Å². The first kappa shape index (κ1) is 13.7. The third-order valence-electron chi connectivity index (χ3n) is 2.37. The number of methoxy groups -OCH3 is 1. The molecule has 0 aromatic carbocycles. The molecule has 0 amide bonds. The quantitative estimate of drug-likeness (QED) is 0.398. The fraction of sp³-hybridized carbons (Fsp3) is 0.769. The highest BCUT2D eigenvalue weighted by Gasteiger charge is 1.93. The Kier molecular flexibility index (Phi) is 10.5. The number of rotatable bonds is 9. The zero-order valence-corrected chi connectivity index (χ0v) is 9.80. The largest absolute Gasteiger partial charge is 0.381 e. The molecule has 0 rings (SSSR count). The topological polar surface area (TPSA) is 9.23 Å². The summed E-state index contributed by atoms with van der Waals surface area (Å²) in [5, 5.41) is 0. The summed E-state index contributed by atoms with van der Waals surface area (Å²) >= 11 is 0. The summed E-state index contributed by atoms with van der Waals surface area (Å²) in [6.45, 7) is 6.09. The van der Waals surface area contributed by atoms with Crippen molar-refractivity contribution in [3.63, 3.8) is 0 Å². The SMILES string of the molecule is [CH2]C(CC=CCCCCCCC)OC. The van der Waals surface area contributed by atoms with Crippen molar-refractivity contribution in [2.45, 2.75) is 58.0 Å². The maximum Gasteiger partial charge on any atom is 0.0606 e. The van der Waals surface area contributed by atoms with Gasteiger partial charge >= 0.3 is 0 Å². The number of ether oxygens (including phenoxy) is 1. The molecule has 0 aliphatic rings. The van der Waals surface area contributed by atoms with E-state index < -0.39 is 0 Å². The predicted octanol–water partition coefficient (Wildman–Crippen LogP) is 4.14. The number of allylic oxidation sites excluding steroid dienone is 1. The molecule has 0 saturated heterocycles. The van der Waals surface area contributed by atoms with Gasteiger partial charge in [0.1, 0.15) is 0 Å². The van der Waals surface area contributed by atoms with E-state index in [9.17, 15) is 0 Å². The van der Waals surface area contributed by atoms with E-state index >= 15 is 0 Å². The first-order chi connectivity index (χ1) is 6.81. The zero-order valence-electron chi connectivity index (χ0n) is 9.80. The van der Waals surface area contributed by atoms with E-state index in [0.29, 0.717) is 0 Å². The lowest BCUT2D eigenvalue weighted by Crippen LogP contribution is -2.02. The molecule has 0 aromatic rings. The van der Waals surface area contributed by atoms with Gasteiger partial charge in [0, 0.05) is 7.11 Å². The van der Waals surface area contributed by atoms with Crippen molar-refractivity contribution < 1.29 is 4.74 Å². The molecule has 0 aliphatic heterocycles. The van der Waals surface area contributed by atoms with Crippen molar-refractivity contribution in [3.8, 4) is 0 Å². The van der Waals surface area contributed by atoms with Crippen LogP contribution in [0.3, 0.4) is 0 Å². The number of hydrogen-bond donors (Lipinski definition) is 0. The zero-order chi connectivity index (χ0) is 10.6. The molecule has 1 radical (unpaired) electrons. The minimum absolute atomic E-state index is 0.117. The average Bonchev–Trinajstić information content (AvgIpc) is 2.21. The molecule has 1 nitrogen and oxygen atoms in total. The summed E-state index contributed by atoms with van der Waals surface area (Å²) in [5.41, 5.74) is 0. The van der Waals surface area contributed by atoms with Gasteiger partial charge in [-0.15, -0.1) is 0 Å². The molecular formula is C13H25O. The van der Waals surface area contributed by atoms with Crippen LogP contribution in [0.25, 0.3) is 0 Å². The van der Waals surface area contributed by atoms with Gasteiger partial charge in [0.05, 0.1) is 6.10 Å². The molecular weight excluding hydrogens is 172 g/mol. The van der Waals surface area contributed by atoms with Gasteiger partial charge in [-0.1, -0.05) is 44.8 Å². The lowest BCUT2D eigenvalue weighted by Gasteiger charge is -2.03. The lowest BCUT2D eigenvalue weighted by atomic mass is 10.1. The van der Waals surface area contributed by atoms with Gasteiger partial charge in [-0.25, -0.2) is 0 Å². The molecule has 1 atom stereocenters. The summed E-state index contributed by atoms with van der Waals surface area (Å²) in [4.78, 5) is 0. The van der Waals surface area contributed by atoms with Crippen molar-refractivity contribution >= 4 is 0 Å². The van der Waals surface area contributed by atoms with Crippen LogP contribution in [0.15, 0.2) is 12.2 Å². The first-order valence-electron chi connectivity index (χ1n) is 5.82. The Bertz CT molecular complexity index is 129. The van der Waals surface area contributed by atoms with Gasteiger partial charge in [0.25, 0.3) is 0 Å². The Hall–Kier alpha value is -0.300. The second-order valence-electron chi connectivity index (χ2n) is 3.77. The van der Waals surface area contributed by atoms with Gasteiger partial charge in [-0.2, -0.15) is 0 Å². The van der Waals surface area contributed by atoms with Crippen molar-refractivity contribution in [1.29, 1.82) is 0 Å². The Morgan fingerprint density at radius 2 is 1.86 bits per heavy atom. The Morgan fingerprint density at radius 3 is 2.50 bits per heavy atom. The minimum atomic E-state index is 0.117. The second-order valence-corrected chi connectivity index (χ2v) is 3.77. The molecule has 0 N–H and O–H groups in total. The molecule has 0 heterocycles. The maximum atomic E-state index is 5.05. The molecule has 0 spiro atoms. The molecule has 0 aromatic heterocycles. The normalized spacial score (nSPS) is 13.6. The highest BCUT2D eigenvalue weighted by atomic mass is 16.5. The maximum absolute atomic E-state index is 5.05. The van der Waals surface area contributed by atoms with Crippen LogP contribution in [-0.2, 0) is 4.74 Å². The van der Waals surface area contributed by atoms with Gasteiger partial charge in [-0.05, 0) is 26.2 Å². The van der Waals surface area contributed by atoms with E-state index in [1.54, 1.807) is 7.11 Å². The first-order valence-corrected chi connectivity index (χ1v) is 5.82. The van der Waals surface area contributed by atoms with E-state index in [-0.39, 0.29) is 6.10 Å². The van der Waals surface area contributed by atoms with Crippen molar-refractivity contribution in [3.05, 3.63) is 19.1 Å². The summed E-state index contributed by atoms with van der Waals surface area (Å²) in [6.07, 6.45) is 13.5. The van der Waals surface area contributed by atoms with Gasteiger partial charge in [0.15, 0.2) is 0 Å². The van der Waals surface area contributed by atoms with Crippen molar-refractivity contribution in [2.24, 2.45) is 0 Å². The highest BCUT2D eigenvalue weighted by Crippen LogP contribution is 2.06. The van der Waals surface area contributed by atoms with Gasteiger partial charge < -0.3 is 4.74 Å². The second kappa shape index (κ2) is 10.8. The summed E-state index contributed by atoms with van der Waals surface area (Å²) in [6, 6.07) is 0. The van der Waals surface area contributed by atoms with E-state index in [1.807, 2.05) is 0 Å². The Morgan fingerprint density at radius 1 is 1.14 bits per heavy atom. The van der Waals surface area contributed by atoms with Crippen molar-refractivity contribution in [1.82, 2.24) is 0 Å². The Labute approximate surface area is 89.5 Å². The van der Waals surface area contributed by atoms with E-state index in [1.165, 1.54) is 38.5 Å². The molecule has 0 aliphatic carbocycles. The van der Waals surface area contributed by atoms with Crippen molar-refractivity contribution in [2.75, 3.05) is 7.11 Å². The summed E-state index contributed by atoms with van der Waals surface area (Å²) in [7, 11) is 1.70. The minimum Gasteiger partial charge on any atom is -0.381 e. The fourth-order valence-corrected chi connectivity index (χ4v) is 1.33. The summed E-state index contributed by atoms with van der Waals surface area (Å²) in [5.74, 6) is 0. The van der Waals surface area contributed by atoms with E-state index in [2.05, 4.69) is 26.0 Å². The molecule has 0 fully saturated rings. The van der Waals surface area contributed by atoms with Crippen LogP contribution in [0.4, 0.5) is 0 Å². The van der Waals surface area contributed by atoms with Crippen LogP contribution in [0, 0.1) is 6.92 Å². The Balaban J connectivity index is 3.10. The van der Waals surface area contributed by atoms with Crippen LogP contribution < -0.4 is 0 Å². The molecule has 14 heavy (non-hydrogen) atoms. The van der Waals surface area contributed by atoms with Crippen LogP contribution in [0.1, 0.15) is 51.9 Å². The third kappa shape index (κ3) is 9.79. The van der Waals surface area contributed by atoms with E-state index in [4.69, 9.17) is 4.74 Å². The van der Waals surface area contributed by atoms with Crippen LogP contribution in [0.5, 0.6) is 0 Å². The molecule has 1 heteroatoms. The van der Waals surface area contributed by atoms with E-state index in [0.717, 1.165) is 6.42 Å². The van der Waals surface area contributed by atoms with Gasteiger partial charge in [0.2, 0.25) is 0 Å². The standard InChI is InChI=1S/C13H25O/c1-4-5-6-7-8-9-10-11-12-13(2)14-3/h10-11,13H,2,4-9,12H2,1,3H3. The summed E-state index contributed by atoms with van der Waals surface area (Å²) < 4.78 is 5.05. The van der Waals surface area contributed by atoms with Gasteiger partial charge in [-0.3, -0.25) is 0 Å². The predicted molar refractivity (Wildman–Crippen MR) is 63.3 cm³/mol. The average molecular weight is 197 g/mol. The lowest BCUT2D eigenvalue weighted by molar-refractivity contribution is 0.141. The molecule has 0 saturated carbocycles. The molecule has 83 valence electrons. The number of hydrogen-bond acceptors (Lipinski definition) is 1.